The molecule has 1 rings (SSSR count). The molecule has 0 heterocycles. The van der Waals surface area contributed by atoms with Crippen LogP contribution in [0.3, 0.4) is 0 Å². The van der Waals surface area contributed by atoms with E-state index in [0.29, 0.717) is 0 Å². The third-order valence-electron chi connectivity index (χ3n) is 1.75. The number of amides is 1. The maximum Gasteiger partial charge on any atom is 0.238 e. The average molecular weight is 231 g/mol. The maximum atomic E-state index is 13.3. The summed E-state index contributed by atoms with van der Waals surface area (Å²) in [5, 5.41) is 1.76. The van der Waals surface area contributed by atoms with Crippen LogP contribution in [0.5, 0.6) is 0 Å². The van der Waals surface area contributed by atoms with Gasteiger partial charge in [-0.15, -0.1) is 0 Å². The monoisotopic (exact) mass is 230 g/mol. The molecule has 15 heavy (non-hydrogen) atoms. The van der Waals surface area contributed by atoms with Gasteiger partial charge in [0.15, 0.2) is 0 Å². The average Bonchev–Trinajstić information content (AvgIpc) is 2.10. The van der Waals surface area contributed by atoms with Crippen LogP contribution in [0.1, 0.15) is 5.56 Å². The minimum Gasteiger partial charge on any atom is -0.289 e. The third-order valence-corrected chi connectivity index (χ3v) is 2.10. The number of carbonyl (C=O) groups excluding carboxylic acids is 1. The minimum absolute atomic E-state index is 0.0658. The first-order valence-electron chi connectivity index (χ1n) is 4.40. The van der Waals surface area contributed by atoms with E-state index >= 15 is 0 Å². The predicted octanol–water partition coefficient (Wildman–Crippen LogP) is 1.61. The van der Waals surface area contributed by atoms with E-state index in [0.717, 1.165) is 0 Å². The van der Waals surface area contributed by atoms with E-state index in [9.17, 15) is 9.18 Å². The summed E-state index contributed by atoms with van der Waals surface area (Å²) in [7, 11) is 3.36. The van der Waals surface area contributed by atoms with E-state index in [-0.39, 0.29) is 22.9 Å². The molecule has 0 aliphatic carbocycles. The number of hydrogen-bond donors (Lipinski definition) is 1. The van der Waals surface area contributed by atoms with Gasteiger partial charge in [0.2, 0.25) is 5.91 Å². The fraction of sp³-hybridized carbons (Fsp3) is 0.300. The number of carbonyl (C=O) groups is 1. The molecule has 0 aliphatic heterocycles. The summed E-state index contributed by atoms with van der Waals surface area (Å²) in [5.41, 5.74) is 2.74. The van der Waals surface area contributed by atoms with Crippen molar-refractivity contribution < 1.29 is 9.18 Å². The Balaban J connectivity index is 2.76. The van der Waals surface area contributed by atoms with Crippen molar-refractivity contribution in [3.63, 3.8) is 0 Å². The van der Waals surface area contributed by atoms with Crippen molar-refractivity contribution in [2.24, 2.45) is 0 Å². The number of benzene rings is 1. The molecule has 0 bridgehead atoms. The molecule has 3 nitrogen and oxygen atoms in total. The summed E-state index contributed by atoms with van der Waals surface area (Å²) in [6, 6.07) is 4.35. The Bertz CT molecular complexity index is 348. The van der Waals surface area contributed by atoms with Gasteiger partial charge in [0.1, 0.15) is 5.82 Å². The molecule has 1 aromatic rings. The summed E-state index contributed by atoms with van der Waals surface area (Å²) in [6.45, 7) is 0. The summed E-state index contributed by atoms with van der Waals surface area (Å²) in [6.07, 6.45) is -0.0658. The summed E-state index contributed by atoms with van der Waals surface area (Å²) >= 11 is 5.78. The lowest BCUT2D eigenvalue weighted by molar-refractivity contribution is -0.124. The highest BCUT2D eigenvalue weighted by Gasteiger charge is 2.11. The Kier molecular flexibility index (Phi) is 4.05. The Morgan fingerprint density at radius 2 is 2.20 bits per heavy atom. The van der Waals surface area contributed by atoms with Crippen molar-refractivity contribution in [3.8, 4) is 0 Å². The second kappa shape index (κ2) is 5.09. The van der Waals surface area contributed by atoms with E-state index in [1.807, 2.05) is 0 Å². The van der Waals surface area contributed by atoms with Crippen LogP contribution in [0.25, 0.3) is 0 Å². The third kappa shape index (κ3) is 3.49. The van der Waals surface area contributed by atoms with Crippen LogP contribution < -0.4 is 5.43 Å². The predicted molar refractivity (Wildman–Crippen MR) is 56.9 cm³/mol. The largest absolute Gasteiger partial charge is 0.289 e. The van der Waals surface area contributed by atoms with E-state index in [1.165, 1.54) is 17.1 Å². The summed E-state index contributed by atoms with van der Waals surface area (Å²) in [5.74, 6) is -0.761. The van der Waals surface area contributed by atoms with Gasteiger partial charge in [0, 0.05) is 24.7 Å². The molecule has 0 spiro atoms. The lowest BCUT2D eigenvalue weighted by atomic mass is 10.1. The molecule has 5 heteroatoms. The Labute approximate surface area is 92.8 Å². The quantitative estimate of drug-likeness (QED) is 0.801. The van der Waals surface area contributed by atoms with Crippen LogP contribution in [0.2, 0.25) is 5.02 Å². The van der Waals surface area contributed by atoms with Crippen molar-refractivity contribution in [1.82, 2.24) is 10.4 Å². The molecule has 1 aromatic carbocycles. The van der Waals surface area contributed by atoms with Gasteiger partial charge in [-0.3, -0.25) is 10.2 Å². The summed E-state index contributed by atoms with van der Waals surface area (Å²) in [4.78, 5) is 11.3. The topological polar surface area (TPSA) is 32.3 Å². The first-order chi connectivity index (χ1) is 7.00. The number of hydrazine groups is 1. The minimum atomic E-state index is -0.462. The van der Waals surface area contributed by atoms with E-state index in [2.05, 4.69) is 5.43 Å². The molecule has 0 aromatic heterocycles. The normalized spacial score (nSPS) is 10.5. The molecule has 1 N–H and O–H groups in total. The van der Waals surface area contributed by atoms with Gasteiger partial charge >= 0.3 is 0 Å². The van der Waals surface area contributed by atoms with Gasteiger partial charge in [-0.2, -0.15) is 0 Å². The van der Waals surface area contributed by atoms with Crippen LogP contribution in [0.15, 0.2) is 18.2 Å². The van der Waals surface area contributed by atoms with Gasteiger partial charge in [-0.05, 0) is 12.1 Å². The molecular formula is C10H12ClFN2O. The fourth-order valence-electron chi connectivity index (χ4n) is 1.15. The molecule has 82 valence electrons. The van der Waals surface area contributed by atoms with E-state index < -0.39 is 5.82 Å². The van der Waals surface area contributed by atoms with Crippen molar-refractivity contribution >= 4 is 17.5 Å². The molecule has 0 saturated heterocycles. The first kappa shape index (κ1) is 11.9. The smallest absolute Gasteiger partial charge is 0.238 e. The Morgan fingerprint density at radius 1 is 1.53 bits per heavy atom. The fourth-order valence-corrected chi connectivity index (χ4v) is 1.38. The number of rotatable bonds is 3. The van der Waals surface area contributed by atoms with Crippen molar-refractivity contribution in [2.75, 3.05) is 14.1 Å². The highest BCUT2D eigenvalue weighted by molar-refractivity contribution is 6.31. The standard InChI is InChI=1S/C10H12ClFN2O/c1-14(2)13-10(15)6-7-8(11)4-3-5-9(7)12/h3-5H,6H2,1-2H3,(H,13,15). The van der Waals surface area contributed by atoms with Crippen molar-refractivity contribution in [1.29, 1.82) is 0 Å². The molecule has 0 aliphatic rings. The second-order valence-electron chi connectivity index (χ2n) is 3.31. The zero-order chi connectivity index (χ0) is 11.4. The van der Waals surface area contributed by atoms with E-state index in [4.69, 9.17) is 11.6 Å². The van der Waals surface area contributed by atoms with Crippen molar-refractivity contribution in [2.45, 2.75) is 6.42 Å². The number of nitrogens with one attached hydrogen (secondary N) is 1. The molecule has 1 amide bonds. The molecule has 0 radical (unpaired) electrons. The molecular weight excluding hydrogens is 219 g/mol. The Morgan fingerprint density at radius 3 is 2.73 bits per heavy atom. The number of nitrogens with zero attached hydrogens (tertiary/aromatic N) is 1. The molecule has 0 saturated carbocycles. The van der Waals surface area contributed by atoms with Gasteiger partial charge in [-0.25, -0.2) is 9.40 Å². The van der Waals surface area contributed by atoms with Crippen LogP contribution in [-0.4, -0.2) is 25.0 Å². The second-order valence-corrected chi connectivity index (χ2v) is 3.71. The SMILES string of the molecule is CN(C)NC(=O)Cc1c(F)cccc1Cl. The van der Waals surface area contributed by atoms with Crippen LogP contribution in [-0.2, 0) is 11.2 Å². The van der Waals surface area contributed by atoms with Crippen LogP contribution >= 0.6 is 11.6 Å². The zero-order valence-electron chi connectivity index (χ0n) is 8.55. The number of halogens is 2. The van der Waals surface area contributed by atoms with Gasteiger partial charge in [0.25, 0.3) is 0 Å². The van der Waals surface area contributed by atoms with E-state index in [1.54, 1.807) is 20.2 Å². The number of hydrogen-bond acceptors (Lipinski definition) is 2. The summed E-state index contributed by atoms with van der Waals surface area (Å²) < 4.78 is 13.3. The lowest BCUT2D eigenvalue weighted by Crippen LogP contribution is -2.37. The highest BCUT2D eigenvalue weighted by atomic mass is 35.5. The van der Waals surface area contributed by atoms with Gasteiger partial charge in [-0.1, -0.05) is 17.7 Å². The highest BCUT2D eigenvalue weighted by Crippen LogP contribution is 2.19. The molecule has 0 fully saturated rings. The molecule has 0 unspecified atom stereocenters. The maximum absolute atomic E-state index is 13.3. The molecule has 0 atom stereocenters. The van der Waals surface area contributed by atoms with Crippen molar-refractivity contribution in [3.05, 3.63) is 34.6 Å². The van der Waals surface area contributed by atoms with Gasteiger partial charge in [0.05, 0.1) is 6.42 Å². The zero-order valence-corrected chi connectivity index (χ0v) is 9.31. The van der Waals surface area contributed by atoms with Crippen LogP contribution in [0.4, 0.5) is 4.39 Å². The van der Waals surface area contributed by atoms with Gasteiger partial charge < -0.3 is 0 Å². The lowest BCUT2D eigenvalue weighted by Gasteiger charge is -2.12. The Hall–Kier alpha value is -1.13. The first-order valence-corrected chi connectivity index (χ1v) is 4.78. The van der Waals surface area contributed by atoms with Crippen LogP contribution in [0, 0.1) is 5.82 Å².